The molecule has 10 heteroatoms. The number of fused-ring (bicyclic) bond motifs is 1. The number of aliphatic hydroxyl groups is 4. The van der Waals surface area contributed by atoms with Gasteiger partial charge in [0.1, 0.15) is 41.5 Å². The minimum Gasteiger partial charge on any atom is -0.496 e. The van der Waals surface area contributed by atoms with Crippen molar-refractivity contribution in [2.24, 2.45) is 0 Å². The molecule has 1 saturated heterocycles. The van der Waals surface area contributed by atoms with E-state index in [0.29, 0.717) is 22.3 Å². The number of aliphatic hydroxyl groups excluding tert-OH is 4. The van der Waals surface area contributed by atoms with Crippen molar-refractivity contribution in [2.75, 3.05) is 13.7 Å². The summed E-state index contributed by atoms with van der Waals surface area (Å²) in [5.74, 6) is -0.537. The third-order valence-corrected chi connectivity index (χ3v) is 4.66. The summed E-state index contributed by atoms with van der Waals surface area (Å²) >= 11 is 0. The number of carbonyl (C=O) groups is 1. The van der Waals surface area contributed by atoms with Crippen LogP contribution in [0, 0.1) is 0 Å². The van der Waals surface area contributed by atoms with E-state index in [2.05, 4.69) is 0 Å². The summed E-state index contributed by atoms with van der Waals surface area (Å²) in [6.07, 6.45) is -6.00. The number of hydrogen-bond donors (Lipinski definition) is 5. The van der Waals surface area contributed by atoms with Crippen LogP contribution in [0.1, 0.15) is 12.0 Å². The van der Waals surface area contributed by atoms with Crippen molar-refractivity contribution in [1.82, 2.24) is 0 Å². The second-order valence-electron chi connectivity index (χ2n) is 6.43. The first kappa shape index (κ1) is 20.4. The van der Waals surface area contributed by atoms with Crippen molar-refractivity contribution >= 4 is 16.9 Å². The lowest BCUT2D eigenvalue weighted by atomic mass is 9.99. The molecule has 1 aromatic heterocycles. The van der Waals surface area contributed by atoms with Gasteiger partial charge in [-0.05, 0) is 12.5 Å². The standard InChI is InChI=1S/C18H22O10/c1-25-17-8(2-3-13(20)21)11(6-10-9(17)4-5-26-10)27-18-16(24)15(23)14(22)12(7-19)28-18/h4-6,12,14-16,18-19,22-24H,2-3,7H2,1H3,(H,20,21). The van der Waals surface area contributed by atoms with Gasteiger partial charge in [-0.1, -0.05) is 0 Å². The van der Waals surface area contributed by atoms with Gasteiger partial charge in [-0.15, -0.1) is 0 Å². The zero-order valence-electron chi connectivity index (χ0n) is 15.0. The van der Waals surface area contributed by atoms with Crippen LogP contribution in [-0.4, -0.2) is 75.9 Å². The molecule has 2 heterocycles. The lowest BCUT2D eigenvalue weighted by molar-refractivity contribution is -0.277. The molecule has 154 valence electrons. The van der Waals surface area contributed by atoms with E-state index in [-0.39, 0.29) is 18.6 Å². The zero-order chi connectivity index (χ0) is 20.4. The van der Waals surface area contributed by atoms with E-state index in [1.54, 1.807) is 6.07 Å². The number of furan rings is 1. The highest BCUT2D eigenvalue weighted by atomic mass is 16.7. The van der Waals surface area contributed by atoms with Crippen LogP contribution in [0.4, 0.5) is 0 Å². The van der Waals surface area contributed by atoms with Crippen LogP contribution in [0.5, 0.6) is 11.5 Å². The summed E-state index contributed by atoms with van der Waals surface area (Å²) in [5.41, 5.74) is 0.811. The van der Waals surface area contributed by atoms with Crippen molar-refractivity contribution in [3.8, 4) is 11.5 Å². The van der Waals surface area contributed by atoms with Crippen molar-refractivity contribution in [1.29, 1.82) is 0 Å². The first-order valence-corrected chi connectivity index (χ1v) is 8.63. The number of ether oxygens (including phenoxy) is 3. The number of methoxy groups -OCH3 is 1. The summed E-state index contributed by atoms with van der Waals surface area (Å²) < 4.78 is 21.9. The van der Waals surface area contributed by atoms with Crippen LogP contribution in [0.25, 0.3) is 11.0 Å². The molecule has 5 unspecified atom stereocenters. The second kappa shape index (κ2) is 8.33. The number of hydrogen-bond acceptors (Lipinski definition) is 9. The van der Waals surface area contributed by atoms with Gasteiger partial charge >= 0.3 is 5.97 Å². The average molecular weight is 398 g/mol. The Kier molecular flexibility index (Phi) is 6.06. The monoisotopic (exact) mass is 398 g/mol. The number of aliphatic carboxylic acids is 1. The zero-order valence-corrected chi connectivity index (χ0v) is 15.0. The Morgan fingerprint density at radius 2 is 1.96 bits per heavy atom. The van der Waals surface area contributed by atoms with Crippen molar-refractivity contribution in [3.63, 3.8) is 0 Å². The first-order valence-electron chi connectivity index (χ1n) is 8.63. The summed E-state index contributed by atoms with van der Waals surface area (Å²) in [7, 11) is 1.42. The SMILES string of the molecule is COc1c(CCC(=O)O)c(OC2OC(CO)C(O)C(O)C2O)cc2occc12. The maximum atomic E-state index is 11.0. The predicted molar refractivity (Wildman–Crippen MR) is 93.1 cm³/mol. The molecule has 3 rings (SSSR count). The molecule has 2 aromatic rings. The van der Waals surface area contributed by atoms with Crippen LogP contribution in [0.15, 0.2) is 22.8 Å². The van der Waals surface area contributed by atoms with Crippen LogP contribution in [0.3, 0.4) is 0 Å². The highest BCUT2D eigenvalue weighted by Crippen LogP contribution is 2.39. The minimum absolute atomic E-state index is 0.0619. The molecule has 0 bridgehead atoms. The molecule has 5 N–H and O–H groups in total. The van der Waals surface area contributed by atoms with Crippen LogP contribution in [0.2, 0.25) is 0 Å². The fraction of sp³-hybridized carbons (Fsp3) is 0.500. The molecule has 28 heavy (non-hydrogen) atoms. The Morgan fingerprint density at radius 1 is 1.21 bits per heavy atom. The molecule has 1 fully saturated rings. The Balaban J connectivity index is 1.98. The molecular formula is C18H22O10. The first-order chi connectivity index (χ1) is 13.4. The Labute approximate surface area is 159 Å². The highest BCUT2D eigenvalue weighted by molar-refractivity contribution is 5.88. The van der Waals surface area contributed by atoms with Gasteiger partial charge in [0.15, 0.2) is 0 Å². The lowest BCUT2D eigenvalue weighted by Crippen LogP contribution is -2.60. The van der Waals surface area contributed by atoms with Crippen molar-refractivity contribution < 1.29 is 49.0 Å². The minimum atomic E-state index is -1.61. The summed E-state index contributed by atoms with van der Waals surface area (Å²) in [6.45, 7) is -0.600. The molecule has 1 aliphatic heterocycles. The molecule has 0 radical (unpaired) electrons. The quantitative estimate of drug-likeness (QED) is 0.417. The third-order valence-electron chi connectivity index (χ3n) is 4.66. The largest absolute Gasteiger partial charge is 0.496 e. The van der Waals surface area contributed by atoms with Gasteiger partial charge in [0.05, 0.1) is 25.4 Å². The predicted octanol–water partition coefficient (Wildman–Crippen LogP) is -0.363. The Bertz CT molecular complexity index is 829. The van der Waals surface area contributed by atoms with Crippen molar-refractivity contribution in [3.05, 3.63) is 24.0 Å². The molecule has 0 saturated carbocycles. The van der Waals surface area contributed by atoms with Gasteiger partial charge in [0.25, 0.3) is 0 Å². The fourth-order valence-corrected chi connectivity index (χ4v) is 3.20. The van der Waals surface area contributed by atoms with Gasteiger partial charge in [0, 0.05) is 18.1 Å². The summed E-state index contributed by atoms with van der Waals surface area (Å²) in [4.78, 5) is 11.0. The third kappa shape index (κ3) is 3.77. The van der Waals surface area contributed by atoms with E-state index in [9.17, 15) is 25.2 Å². The number of benzene rings is 1. The number of carboxylic acids is 1. The van der Waals surface area contributed by atoms with E-state index in [0.717, 1.165) is 0 Å². The molecule has 10 nitrogen and oxygen atoms in total. The van der Waals surface area contributed by atoms with Gasteiger partial charge in [-0.25, -0.2) is 0 Å². The Hall–Kier alpha value is -2.37. The Morgan fingerprint density at radius 3 is 2.61 bits per heavy atom. The summed E-state index contributed by atoms with van der Waals surface area (Å²) in [5, 5.41) is 49.0. The van der Waals surface area contributed by atoms with Gasteiger partial charge < -0.3 is 44.2 Å². The smallest absolute Gasteiger partial charge is 0.303 e. The maximum absolute atomic E-state index is 11.0. The van der Waals surface area contributed by atoms with Crippen LogP contribution < -0.4 is 9.47 Å². The molecule has 1 aromatic carbocycles. The molecule has 1 aliphatic rings. The van der Waals surface area contributed by atoms with E-state index >= 15 is 0 Å². The normalized spacial score (nSPS) is 27.7. The molecule has 0 amide bonds. The van der Waals surface area contributed by atoms with E-state index < -0.39 is 43.3 Å². The maximum Gasteiger partial charge on any atom is 0.303 e. The van der Waals surface area contributed by atoms with Crippen LogP contribution in [-0.2, 0) is 16.0 Å². The van der Waals surface area contributed by atoms with Gasteiger partial charge in [0.2, 0.25) is 6.29 Å². The fourth-order valence-electron chi connectivity index (χ4n) is 3.20. The lowest BCUT2D eigenvalue weighted by Gasteiger charge is -2.39. The van der Waals surface area contributed by atoms with E-state index in [1.165, 1.54) is 19.4 Å². The second-order valence-corrected chi connectivity index (χ2v) is 6.43. The highest BCUT2D eigenvalue weighted by Gasteiger charge is 2.45. The average Bonchev–Trinajstić information content (AvgIpc) is 3.14. The number of carboxylic acid groups (broad SMARTS) is 1. The molecule has 5 atom stereocenters. The van der Waals surface area contributed by atoms with Crippen molar-refractivity contribution in [2.45, 2.75) is 43.5 Å². The van der Waals surface area contributed by atoms with Gasteiger partial charge in [-0.3, -0.25) is 4.79 Å². The molecule has 0 spiro atoms. The molecular weight excluding hydrogens is 376 g/mol. The van der Waals surface area contributed by atoms with Crippen LogP contribution >= 0.6 is 0 Å². The summed E-state index contributed by atoms with van der Waals surface area (Å²) in [6, 6.07) is 3.16. The van der Waals surface area contributed by atoms with E-state index in [4.69, 9.17) is 23.7 Å². The number of rotatable bonds is 7. The van der Waals surface area contributed by atoms with Gasteiger partial charge in [-0.2, -0.15) is 0 Å². The molecule has 0 aliphatic carbocycles. The topological polar surface area (TPSA) is 159 Å². The van der Waals surface area contributed by atoms with E-state index in [1.807, 2.05) is 0 Å².